The lowest BCUT2D eigenvalue weighted by molar-refractivity contribution is 0.585. The Kier molecular flexibility index (Phi) is 4.78. The van der Waals surface area contributed by atoms with Crippen LogP contribution in [0.25, 0.3) is 0 Å². The first kappa shape index (κ1) is 17.4. The normalized spacial score (nSPS) is 11.6. The highest BCUT2D eigenvalue weighted by Gasteiger charge is 2.18. The fraction of sp³-hybridized carbons (Fsp3) is 0.200. The zero-order chi connectivity index (χ0) is 18.0. The molecule has 3 aromatic rings. The summed E-state index contributed by atoms with van der Waals surface area (Å²) in [5.41, 5.74) is 0.283. The van der Waals surface area contributed by atoms with Gasteiger partial charge in [-0.05, 0) is 19.1 Å². The maximum absolute atomic E-state index is 13.8. The van der Waals surface area contributed by atoms with Crippen molar-refractivity contribution in [3.05, 3.63) is 59.3 Å². The minimum Gasteiger partial charge on any atom is -0.272 e. The van der Waals surface area contributed by atoms with Crippen molar-refractivity contribution in [2.24, 2.45) is 0 Å². The molecule has 0 saturated carbocycles. The van der Waals surface area contributed by atoms with Crippen LogP contribution in [0.1, 0.15) is 12.5 Å². The lowest BCUT2D eigenvalue weighted by atomic mass is 10.2. The van der Waals surface area contributed by atoms with Gasteiger partial charge in [0.1, 0.15) is 10.7 Å². The lowest BCUT2D eigenvalue weighted by Crippen LogP contribution is -2.13. The Hall–Kier alpha value is -2.39. The SMILES string of the molecule is CCn1cc(S(=O)(=O)Nc2ccn(Cc3c(F)cccc3Cl)n2)cn1. The summed E-state index contributed by atoms with van der Waals surface area (Å²) < 4.78 is 43.7. The summed E-state index contributed by atoms with van der Waals surface area (Å²) in [6.07, 6.45) is 4.23. The van der Waals surface area contributed by atoms with Crippen LogP contribution in [0.3, 0.4) is 0 Å². The van der Waals surface area contributed by atoms with E-state index in [1.54, 1.807) is 6.07 Å². The first-order valence-electron chi connectivity index (χ1n) is 7.40. The van der Waals surface area contributed by atoms with Crippen molar-refractivity contribution in [1.29, 1.82) is 0 Å². The van der Waals surface area contributed by atoms with E-state index in [-0.39, 0.29) is 27.8 Å². The molecule has 0 amide bonds. The Morgan fingerprint density at radius 2 is 2.08 bits per heavy atom. The number of rotatable bonds is 6. The number of benzene rings is 1. The van der Waals surface area contributed by atoms with Gasteiger partial charge in [0.05, 0.1) is 12.7 Å². The summed E-state index contributed by atoms with van der Waals surface area (Å²) >= 11 is 5.99. The number of sulfonamides is 1. The van der Waals surface area contributed by atoms with Crippen LogP contribution < -0.4 is 4.72 Å². The zero-order valence-electron chi connectivity index (χ0n) is 13.2. The van der Waals surface area contributed by atoms with Crippen LogP contribution in [-0.2, 0) is 23.1 Å². The fourth-order valence-corrected chi connectivity index (χ4v) is 3.37. The zero-order valence-corrected chi connectivity index (χ0v) is 14.8. The summed E-state index contributed by atoms with van der Waals surface area (Å²) in [6, 6.07) is 5.88. The van der Waals surface area contributed by atoms with Gasteiger partial charge in [-0.2, -0.15) is 10.2 Å². The molecule has 0 aliphatic heterocycles. The Balaban J connectivity index is 1.77. The average Bonchev–Trinajstić information content (AvgIpc) is 3.20. The number of aryl methyl sites for hydroxylation is 1. The summed E-state index contributed by atoms with van der Waals surface area (Å²) in [4.78, 5) is 0.0426. The maximum Gasteiger partial charge on any atom is 0.266 e. The largest absolute Gasteiger partial charge is 0.272 e. The number of anilines is 1. The second-order valence-corrected chi connectivity index (χ2v) is 7.33. The second-order valence-electron chi connectivity index (χ2n) is 5.24. The van der Waals surface area contributed by atoms with Crippen molar-refractivity contribution in [3.8, 4) is 0 Å². The van der Waals surface area contributed by atoms with Crippen molar-refractivity contribution in [3.63, 3.8) is 0 Å². The van der Waals surface area contributed by atoms with Crippen LogP contribution in [-0.4, -0.2) is 28.0 Å². The maximum atomic E-state index is 13.8. The molecule has 132 valence electrons. The van der Waals surface area contributed by atoms with E-state index in [1.807, 2.05) is 6.92 Å². The molecule has 0 saturated heterocycles. The predicted octanol–water partition coefficient (Wildman–Crippen LogP) is 2.74. The minimum atomic E-state index is -3.79. The molecule has 25 heavy (non-hydrogen) atoms. The molecule has 0 aliphatic rings. The topological polar surface area (TPSA) is 81.8 Å². The average molecular weight is 384 g/mol. The first-order chi connectivity index (χ1) is 11.9. The Labute approximate surface area is 149 Å². The molecule has 3 rings (SSSR count). The molecule has 0 atom stereocenters. The molecule has 0 unspecified atom stereocenters. The molecule has 2 aromatic heterocycles. The van der Waals surface area contributed by atoms with Gasteiger partial charge >= 0.3 is 0 Å². The van der Waals surface area contributed by atoms with E-state index in [4.69, 9.17) is 11.6 Å². The lowest BCUT2D eigenvalue weighted by Gasteiger charge is -2.06. The van der Waals surface area contributed by atoms with Crippen LogP contribution in [0.2, 0.25) is 5.02 Å². The Morgan fingerprint density at radius 1 is 1.28 bits per heavy atom. The monoisotopic (exact) mass is 383 g/mol. The minimum absolute atomic E-state index is 0.0426. The third-order valence-corrected chi connectivity index (χ3v) is 5.17. The van der Waals surface area contributed by atoms with E-state index in [0.29, 0.717) is 6.54 Å². The Bertz CT molecular complexity index is 979. The second kappa shape index (κ2) is 6.85. The molecule has 10 heteroatoms. The third kappa shape index (κ3) is 3.83. The summed E-state index contributed by atoms with van der Waals surface area (Å²) in [5, 5.41) is 8.32. The molecule has 1 aromatic carbocycles. The molecule has 2 heterocycles. The summed E-state index contributed by atoms with van der Waals surface area (Å²) in [5.74, 6) is -0.325. The molecular weight excluding hydrogens is 369 g/mol. The molecule has 1 N–H and O–H groups in total. The smallest absolute Gasteiger partial charge is 0.266 e. The standard InChI is InChI=1S/C15H15ClFN5O2S/c1-2-21-9-11(8-18-21)25(23,24)20-15-6-7-22(19-15)10-12-13(16)4-3-5-14(12)17/h3-9H,2,10H2,1H3,(H,19,20). The highest BCUT2D eigenvalue weighted by Crippen LogP contribution is 2.20. The van der Waals surface area contributed by atoms with Crippen LogP contribution >= 0.6 is 11.6 Å². The van der Waals surface area contributed by atoms with E-state index in [9.17, 15) is 12.8 Å². The van der Waals surface area contributed by atoms with E-state index in [1.165, 1.54) is 46.2 Å². The molecule has 0 aliphatic carbocycles. The number of halogens is 2. The highest BCUT2D eigenvalue weighted by molar-refractivity contribution is 7.92. The van der Waals surface area contributed by atoms with Gasteiger partial charge in [-0.25, -0.2) is 12.8 Å². The summed E-state index contributed by atoms with van der Waals surface area (Å²) in [7, 11) is -3.79. The molecule has 7 nitrogen and oxygen atoms in total. The summed E-state index contributed by atoms with van der Waals surface area (Å²) in [6.45, 7) is 2.50. The van der Waals surface area contributed by atoms with Gasteiger partial charge in [-0.3, -0.25) is 14.1 Å². The molecule has 0 radical (unpaired) electrons. The number of nitrogens with zero attached hydrogens (tertiary/aromatic N) is 4. The third-order valence-electron chi connectivity index (χ3n) is 3.51. The van der Waals surface area contributed by atoms with Gasteiger partial charge in [0.2, 0.25) is 0 Å². The van der Waals surface area contributed by atoms with Crippen LogP contribution in [0.15, 0.2) is 47.8 Å². The first-order valence-corrected chi connectivity index (χ1v) is 9.27. The molecule has 0 bridgehead atoms. The van der Waals surface area contributed by atoms with Crippen molar-refractivity contribution in [2.45, 2.75) is 24.9 Å². The van der Waals surface area contributed by atoms with Gasteiger partial charge < -0.3 is 0 Å². The number of nitrogens with one attached hydrogen (secondary N) is 1. The van der Waals surface area contributed by atoms with Crippen molar-refractivity contribution in [2.75, 3.05) is 4.72 Å². The van der Waals surface area contributed by atoms with Crippen molar-refractivity contribution >= 4 is 27.4 Å². The van der Waals surface area contributed by atoms with Gasteiger partial charge in [-0.15, -0.1) is 0 Å². The van der Waals surface area contributed by atoms with E-state index in [2.05, 4.69) is 14.9 Å². The molecule has 0 fully saturated rings. The van der Waals surface area contributed by atoms with Crippen LogP contribution in [0.4, 0.5) is 10.2 Å². The van der Waals surface area contributed by atoms with Gasteiger partial charge in [0, 0.05) is 35.6 Å². The fourth-order valence-electron chi connectivity index (χ4n) is 2.20. The number of aromatic nitrogens is 4. The van der Waals surface area contributed by atoms with Gasteiger partial charge in [0.25, 0.3) is 10.0 Å². The number of hydrogen-bond donors (Lipinski definition) is 1. The Morgan fingerprint density at radius 3 is 2.76 bits per heavy atom. The van der Waals surface area contributed by atoms with Gasteiger partial charge in [0.15, 0.2) is 5.82 Å². The number of hydrogen-bond acceptors (Lipinski definition) is 4. The molecule has 0 spiro atoms. The van der Waals surface area contributed by atoms with E-state index >= 15 is 0 Å². The van der Waals surface area contributed by atoms with Gasteiger partial charge in [-0.1, -0.05) is 17.7 Å². The van der Waals surface area contributed by atoms with E-state index in [0.717, 1.165) is 0 Å². The predicted molar refractivity (Wildman–Crippen MR) is 91.4 cm³/mol. The highest BCUT2D eigenvalue weighted by atomic mass is 35.5. The van der Waals surface area contributed by atoms with Crippen LogP contribution in [0.5, 0.6) is 0 Å². The van der Waals surface area contributed by atoms with E-state index < -0.39 is 15.8 Å². The van der Waals surface area contributed by atoms with Crippen LogP contribution in [0, 0.1) is 5.82 Å². The van der Waals surface area contributed by atoms with Crippen molar-refractivity contribution < 1.29 is 12.8 Å². The quantitative estimate of drug-likeness (QED) is 0.709. The van der Waals surface area contributed by atoms with Crippen molar-refractivity contribution in [1.82, 2.24) is 19.6 Å². The molecular formula is C15H15ClFN5O2S.